The van der Waals surface area contributed by atoms with Gasteiger partial charge in [0.2, 0.25) is 5.13 Å². The summed E-state index contributed by atoms with van der Waals surface area (Å²) in [5.74, 6) is 0.844. The van der Waals surface area contributed by atoms with E-state index in [1.54, 1.807) is 12.1 Å². The minimum absolute atomic E-state index is 0.0253. The van der Waals surface area contributed by atoms with Crippen molar-refractivity contribution in [1.29, 1.82) is 0 Å². The van der Waals surface area contributed by atoms with E-state index in [0.29, 0.717) is 18.1 Å². The van der Waals surface area contributed by atoms with Gasteiger partial charge in [0, 0.05) is 37.4 Å². The van der Waals surface area contributed by atoms with Gasteiger partial charge in [0.15, 0.2) is 17.3 Å². The smallest absolute Gasteiger partial charge is 0.387 e. The maximum atomic E-state index is 12.4. The molecule has 0 aliphatic heterocycles. The van der Waals surface area contributed by atoms with Crippen LogP contribution in [0.2, 0.25) is 0 Å². The largest absolute Gasteiger partial charge is 0.493 e. The van der Waals surface area contributed by atoms with Crippen molar-refractivity contribution in [1.82, 2.24) is 9.36 Å². The summed E-state index contributed by atoms with van der Waals surface area (Å²) in [4.78, 5) is 6.19. The summed E-state index contributed by atoms with van der Waals surface area (Å²) in [6.07, 6.45) is 0. The number of benzene rings is 1. The molecule has 1 heterocycles. The number of anilines is 2. The SMILES string of the molecule is COc1ccc(NCc2nsc(N(C)C)n2)cc1OC(F)F. The lowest BCUT2D eigenvalue weighted by Crippen LogP contribution is -2.09. The second-order valence-corrected chi connectivity index (χ2v) is 5.22. The molecule has 0 saturated heterocycles. The fourth-order valence-corrected chi connectivity index (χ4v) is 2.26. The Labute approximate surface area is 130 Å². The van der Waals surface area contributed by atoms with E-state index in [1.165, 1.54) is 24.7 Å². The quantitative estimate of drug-likeness (QED) is 0.842. The first-order valence-electron chi connectivity index (χ1n) is 6.36. The highest BCUT2D eigenvalue weighted by Gasteiger charge is 2.12. The highest BCUT2D eigenvalue weighted by atomic mass is 32.1. The van der Waals surface area contributed by atoms with Crippen molar-refractivity contribution in [2.75, 3.05) is 31.4 Å². The number of hydrogen-bond acceptors (Lipinski definition) is 7. The zero-order valence-electron chi connectivity index (χ0n) is 12.3. The first-order chi connectivity index (χ1) is 10.5. The van der Waals surface area contributed by atoms with Gasteiger partial charge in [-0.3, -0.25) is 0 Å². The fourth-order valence-electron chi connectivity index (χ4n) is 1.65. The van der Waals surface area contributed by atoms with Gasteiger partial charge in [-0.15, -0.1) is 0 Å². The van der Waals surface area contributed by atoms with Gasteiger partial charge in [0.25, 0.3) is 0 Å². The molecule has 0 amide bonds. The van der Waals surface area contributed by atoms with E-state index in [0.717, 1.165) is 5.13 Å². The van der Waals surface area contributed by atoms with E-state index in [2.05, 4.69) is 19.4 Å². The van der Waals surface area contributed by atoms with Crippen molar-refractivity contribution < 1.29 is 18.3 Å². The Bertz CT molecular complexity index is 622. The maximum Gasteiger partial charge on any atom is 0.387 e. The van der Waals surface area contributed by atoms with E-state index in [9.17, 15) is 8.78 Å². The van der Waals surface area contributed by atoms with Crippen LogP contribution in [0.15, 0.2) is 18.2 Å². The van der Waals surface area contributed by atoms with Crippen molar-refractivity contribution in [2.24, 2.45) is 0 Å². The van der Waals surface area contributed by atoms with E-state index < -0.39 is 6.61 Å². The monoisotopic (exact) mass is 330 g/mol. The van der Waals surface area contributed by atoms with Gasteiger partial charge in [0.05, 0.1) is 13.7 Å². The van der Waals surface area contributed by atoms with Gasteiger partial charge in [0.1, 0.15) is 0 Å². The lowest BCUT2D eigenvalue weighted by Gasteiger charge is -2.12. The van der Waals surface area contributed by atoms with Crippen LogP contribution in [0.25, 0.3) is 0 Å². The molecule has 1 N–H and O–H groups in total. The normalized spacial score (nSPS) is 10.6. The molecule has 120 valence electrons. The number of nitrogens with one attached hydrogen (secondary N) is 1. The minimum Gasteiger partial charge on any atom is -0.493 e. The molecular formula is C13H16F2N4O2S. The highest BCUT2D eigenvalue weighted by molar-refractivity contribution is 7.09. The van der Waals surface area contributed by atoms with Crippen LogP contribution in [0.1, 0.15) is 5.82 Å². The van der Waals surface area contributed by atoms with Crippen molar-refractivity contribution in [3.8, 4) is 11.5 Å². The van der Waals surface area contributed by atoms with E-state index >= 15 is 0 Å². The molecule has 0 radical (unpaired) electrons. The van der Waals surface area contributed by atoms with Crippen LogP contribution in [-0.2, 0) is 6.54 Å². The summed E-state index contributed by atoms with van der Waals surface area (Å²) < 4.78 is 38.4. The van der Waals surface area contributed by atoms with E-state index in [1.807, 2.05) is 19.0 Å². The molecule has 0 atom stereocenters. The molecule has 1 aromatic carbocycles. The Morgan fingerprint density at radius 1 is 1.32 bits per heavy atom. The Kier molecular flexibility index (Phi) is 5.31. The number of nitrogens with zero attached hydrogens (tertiary/aromatic N) is 3. The van der Waals surface area contributed by atoms with Crippen LogP contribution in [0.5, 0.6) is 11.5 Å². The molecule has 2 rings (SSSR count). The van der Waals surface area contributed by atoms with Crippen LogP contribution in [0.3, 0.4) is 0 Å². The first kappa shape index (κ1) is 16.2. The molecule has 22 heavy (non-hydrogen) atoms. The lowest BCUT2D eigenvalue weighted by atomic mass is 10.2. The maximum absolute atomic E-state index is 12.4. The first-order valence-corrected chi connectivity index (χ1v) is 7.13. The number of rotatable bonds is 7. The average molecular weight is 330 g/mol. The lowest BCUT2D eigenvalue weighted by molar-refractivity contribution is -0.0511. The molecule has 9 heteroatoms. The molecule has 2 aromatic rings. The van der Waals surface area contributed by atoms with E-state index in [-0.39, 0.29) is 11.5 Å². The van der Waals surface area contributed by atoms with Crippen LogP contribution in [0.4, 0.5) is 19.6 Å². The Balaban J connectivity index is 2.05. The standard InChI is InChI=1S/C13H16F2N4O2S/c1-19(2)13-17-11(18-22-13)7-16-8-4-5-9(20-3)10(6-8)21-12(14)15/h4-6,12,16H,7H2,1-3H3. The molecule has 0 fully saturated rings. The van der Waals surface area contributed by atoms with Crippen LogP contribution in [-0.4, -0.2) is 37.2 Å². The third-order valence-electron chi connectivity index (χ3n) is 2.67. The van der Waals surface area contributed by atoms with Crippen LogP contribution >= 0.6 is 11.5 Å². The predicted octanol–water partition coefficient (Wildman–Crippen LogP) is 2.83. The zero-order chi connectivity index (χ0) is 16.1. The topological polar surface area (TPSA) is 59.5 Å². The predicted molar refractivity (Wildman–Crippen MR) is 81.2 cm³/mol. The van der Waals surface area contributed by atoms with Gasteiger partial charge in [-0.05, 0) is 12.1 Å². The van der Waals surface area contributed by atoms with Gasteiger partial charge < -0.3 is 19.7 Å². The third kappa shape index (κ3) is 4.17. The van der Waals surface area contributed by atoms with Gasteiger partial charge >= 0.3 is 6.61 Å². The molecule has 0 aliphatic rings. The number of halogens is 2. The zero-order valence-corrected chi connectivity index (χ0v) is 13.2. The van der Waals surface area contributed by atoms with Crippen molar-refractivity contribution in [2.45, 2.75) is 13.2 Å². The second kappa shape index (κ2) is 7.21. The molecule has 0 spiro atoms. The Morgan fingerprint density at radius 2 is 2.09 bits per heavy atom. The number of aromatic nitrogens is 2. The number of alkyl halides is 2. The number of ether oxygens (including phenoxy) is 2. The molecule has 0 unspecified atom stereocenters. The Hall–Kier alpha value is -2.16. The third-order valence-corrected chi connectivity index (χ3v) is 3.59. The van der Waals surface area contributed by atoms with Gasteiger partial charge in [-0.2, -0.15) is 13.2 Å². The number of methoxy groups -OCH3 is 1. The summed E-state index contributed by atoms with van der Waals surface area (Å²) >= 11 is 1.29. The summed E-state index contributed by atoms with van der Waals surface area (Å²) in [5, 5.41) is 3.86. The van der Waals surface area contributed by atoms with Crippen molar-refractivity contribution in [3.05, 3.63) is 24.0 Å². The molecule has 0 saturated carbocycles. The summed E-state index contributed by atoms with van der Waals surface area (Å²) in [6, 6.07) is 4.71. The molecule has 0 aliphatic carbocycles. The van der Waals surface area contributed by atoms with Gasteiger partial charge in [-0.25, -0.2) is 4.98 Å². The van der Waals surface area contributed by atoms with Crippen LogP contribution < -0.4 is 19.7 Å². The number of hydrogen-bond donors (Lipinski definition) is 1. The molecule has 6 nitrogen and oxygen atoms in total. The summed E-state index contributed by atoms with van der Waals surface area (Å²) in [5.41, 5.74) is 0.609. The molecular weight excluding hydrogens is 314 g/mol. The molecule has 1 aromatic heterocycles. The van der Waals surface area contributed by atoms with Gasteiger partial charge in [-0.1, -0.05) is 0 Å². The van der Waals surface area contributed by atoms with Crippen molar-refractivity contribution in [3.63, 3.8) is 0 Å². The summed E-state index contributed by atoms with van der Waals surface area (Å²) in [6.45, 7) is -2.53. The minimum atomic E-state index is -2.91. The van der Waals surface area contributed by atoms with Crippen LogP contribution in [0, 0.1) is 0 Å². The second-order valence-electron chi connectivity index (χ2n) is 4.49. The fraction of sp³-hybridized carbons (Fsp3) is 0.385. The summed E-state index contributed by atoms with van der Waals surface area (Å²) in [7, 11) is 5.16. The van der Waals surface area contributed by atoms with E-state index in [4.69, 9.17) is 4.74 Å². The average Bonchev–Trinajstić information content (AvgIpc) is 2.94. The van der Waals surface area contributed by atoms with Crippen molar-refractivity contribution >= 4 is 22.4 Å². The highest BCUT2D eigenvalue weighted by Crippen LogP contribution is 2.31. The Morgan fingerprint density at radius 3 is 2.68 bits per heavy atom. The molecule has 0 bridgehead atoms.